The Hall–Kier alpha value is -1.66. The third-order valence-electron chi connectivity index (χ3n) is 2.44. The number of benzene rings is 1. The lowest BCUT2D eigenvalue weighted by Gasteiger charge is -2.26. The zero-order valence-electron chi connectivity index (χ0n) is 10.2. The highest BCUT2D eigenvalue weighted by atomic mass is 35.5. The van der Waals surface area contributed by atoms with Crippen LogP contribution in [0.1, 0.15) is 19.4 Å². The number of hydrogen-bond donors (Lipinski definition) is 2. The molecule has 0 saturated heterocycles. The first-order chi connectivity index (χ1) is 7.86. The minimum absolute atomic E-state index is 0. The summed E-state index contributed by atoms with van der Waals surface area (Å²) in [4.78, 5) is 21.3. The van der Waals surface area contributed by atoms with E-state index in [1.54, 1.807) is 12.1 Å². The summed E-state index contributed by atoms with van der Waals surface area (Å²) >= 11 is 0. The molecular formula is C11H16ClN3O3. The van der Waals surface area contributed by atoms with E-state index < -0.39 is 10.5 Å². The number of non-ortho nitro benzene ring substituents is 1. The van der Waals surface area contributed by atoms with E-state index in [-0.39, 0.29) is 30.5 Å². The van der Waals surface area contributed by atoms with Crippen LogP contribution in [0.4, 0.5) is 5.69 Å². The standard InChI is InChI=1S/C11H15N3O3.ClH/c1-11(2,13-10(15)7-12)8-3-5-9(6-4-8)14(16)17;/h3-6H,7,12H2,1-2H3,(H,13,15);1H. The van der Waals surface area contributed by atoms with Crippen molar-refractivity contribution in [1.82, 2.24) is 5.32 Å². The van der Waals surface area contributed by atoms with Gasteiger partial charge in [0.15, 0.2) is 0 Å². The van der Waals surface area contributed by atoms with Crippen molar-refractivity contribution in [3.8, 4) is 0 Å². The first-order valence-electron chi connectivity index (χ1n) is 5.13. The van der Waals surface area contributed by atoms with E-state index in [9.17, 15) is 14.9 Å². The number of nitro groups is 1. The van der Waals surface area contributed by atoms with Crippen molar-refractivity contribution in [2.45, 2.75) is 19.4 Å². The molecule has 0 saturated carbocycles. The van der Waals surface area contributed by atoms with Gasteiger partial charge in [0.1, 0.15) is 0 Å². The molecule has 1 aromatic rings. The van der Waals surface area contributed by atoms with E-state index in [4.69, 9.17) is 5.73 Å². The monoisotopic (exact) mass is 273 g/mol. The molecule has 0 atom stereocenters. The Labute approximate surface area is 111 Å². The van der Waals surface area contributed by atoms with Gasteiger partial charge in [-0.1, -0.05) is 0 Å². The Morgan fingerprint density at radius 1 is 1.39 bits per heavy atom. The molecule has 3 N–H and O–H groups in total. The third-order valence-corrected chi connectivity index (χ3v) is 2.44. The molecule has 0 fully saturated rings. The Morgan fingerprint density at radius 2 is 1.89 bits per heavy atom. The first-order valence-corrected chi connectivity index (χ1v) is 5.13. The highest BCUT2D eigenvalue weighted by Gasteiger charge is 2.22. The second-order valence-electron chi connectivity index (χ2n) is 4.18. The molecular weight excluding hydrogens is 258 g/mol. The van der Waals surface area contributed by atoms with E-state index in [2.05, 4.69) is 5.32 Å². The topological polar surface area (TPSA) is 98.3 Å². The van der Waals surface area contributed by atoms with Gasteiger partial charge in [-0.05, 0) is 31.5 Å². The van der Waals surface area contributed by atoms with E-state index in [1.165, 1.54) is 12.1 Å². The number of carbonyl (C=O) groups is 1. The number of amides is 1. The van der Waals surface area contributed by atoms with Crippen LogP contribution in [-0.2, 0) is 10.3 Å². The van der Waals surface area contributed by atoms with E-state index in [0.717, 1.165) is 5.56 Å². The quantitative estimate of drug-likeness (QED) is 0.638. The van der Waals surface area contributed by atoms with Gasteiger partial charge < -0.3 is 11.1 Å². The van der Waals surface area contributed by atoms with Gasteiger partial charge >= 0.3 is 0 Å². The molecule has 1 rings (SSSR count). The molecule has 0 aliphatic carbocycles. The fourth-order valence-electron chi connectivity index (χ4n) is 1.47. The molecule has 0 aromatic heterocycles. The maximum atomic E-state index is 11.2. The van der Waals surface area contributed by atoms with Crippen molar-refractivity contribution < 1.29 is 9.72 Å². The summed E-state index contributed by atoms with van der Waals surface area (Å²) < 4.78 is 0. The normalized spacial score (nSPS) is 10.4. The van der Waals surface area contributed by atoms with Gasteiger partial charge in [0, 0.05) is 12.1 Å². The second-order valence-corrected chi connectivity index (χ2v) is 4.18. The molecule has 0 aliphatic rings. The molecule has 0 radical (unpaired) electrons. The summed E-state index contributed by atoms with van der Waals surface area (Å²) in [6, 6.07) is 6.06. The van der Waals surface area contributed by atoms with E-state index in [0.29, 0.717) is 0 Å². The van der Waals surface area contributed by atoms with Crippen LogP contribution >= 0.6 is 12.4 Å². The van der Waals surface area contributed by atoms with Crippen LogP contribution < -0.4 is 11.1 Å². The summed E-state index contributed by atoms with van der Waals surface area (Å²) in [6.45, 7) is 3.53. The number of carbonyl (C=O) groups excluding carboxylic acids is 1. The number of nitrogens with zero attached hydrogens (tertiary/aromatic N) is 1. The molecule has 1 aromatic carbocycles. The number of nitrogens with two attached hydrogens (primary N) is 1. The molecule has 18 heavy (non-hydrogen) atoms. The van der Waals surface area contributed by atoms with Crippen molar-refractivity contribution in [3.05, 3.63) is 39.9 Å². The number of hydrogen-bond acceptors (Lipinski definition) is 4. The number of nitrogens with one attached hydrogen (secondary N) is 1. The largest absolute Gasteiger partial charge is 0.346 e. The summed E-state index contributed by atoms with van der Waals surface area (Å²) in [6.07, 6.45) is 0. The maximum absolute atomic E-state index is 11.2. The number of rotatable bonds is 4. The first kappa shape index (κ1) is 16.3. The van der Waals surface area contributed by atoms with Crippen LogP contribution in [-0.4, -0.2) is 17.4 Å². The minimum atomic E-state index is -0.606. The lowest BCUT2D eigenvalue weighted by atomic mass is 9.94. The van der Waals surface area contributed by atoms with E-state index in [1.807, 2.05) is 13.8 Å². The van der Waals surface area contributed by atoms with Crippen molar-refractivity contribution in [1.29, 1.82) is 0 Å². The van der Waals surface area contributed by atoms with Crippen molar-refractivity contribution >= 4 is 24.0 Å². The SMILES string of the molecule is CC(C)(NC(=O)CN)c1ccc([N+](=O)[O-])cc1.Cl. The molecule has 7 heteroatoms. The summed E-state index contributed by atoms with van der Waals surface area (Å²) in [7, 11) is 0. The lowest BCUT2D eigenvalue weighted by Crippen LogP contribution is -2.43. The van der Waals surface area contributed by atoms with Gasteiger partial charge in [-0.2, -0.15) is 0 Å². The van der Waals surface area contributed by atoms with Gasteiger partial charge in [-0.3, -0.25) is 14.9 Å². The van der Waals surface area contributed by atoms with Crippen molar-refractivity contribution in [2.75, 3.05) is 6.54 Å². The van der Waals surface area contributed by atoms with Gasteiger partial charge in [0.05, 0.1) is 17.0 Å². The summed E-state index contributed by atoms with van der Waals surface area (Å²) in [5, 5.41) is 13.2. The van der Waals surface area contributed by atoms with Crippen LogP contribution in [0.15, 0.2) is 24.3 Å². The Balaban J connectivity index is 0.00000289. The number of halogens is 1. The Morgan fingerprint density at radius 3 is 2.28 bits per heavy atom. The van der Waals surface area contributed by atoms with Gasteiger partial charge in [0.25, 0.3) is 5.69 Å². The van der Waals surface area contributed by atoms with E-state index >= 15 is 0 Å². The smallest absolute Gasteiger partial charge is 0.269 e. The van der Waals surface area contributed by atoms with Gasteiger partial charge in [-0.15, -0.1) is 12.4 Å². The molecule has 0 bridgehead atoms. The molecule has 6 nitrogen and oxygen atoms in total. The van der Waals surface area contributed by atoms with Crippen LogP contribution in [0.5, 0.6) is 0 Å². The molecule has 0 unspecified atom stereocenters. The molecule has 0 heterocycles. The van der Waals surface area contributed by atoms with Crippen molar-refractivity contribution in [2.24, 2.45) is 5.73 Å². The third kappa shape index (κ3) is 3.97. The average molecular weight is 274 g/mol. The second kappa shape index (κ2) is 6.32. The predicted octanol–water partition coefficient (Wildman–Crippen LogP) is 1.33. The van der Waals surface area contributed by atoms with Crippen LogP contribution in [0, 0.1) is 10.1 Å². The van der Waals surface area contributed by atoms with Crippen LogP contribution in [0.25, 0.3) is 0 Å². The predicted molar refractivity (Wildman–Crippen MR) is 70.6 cm³/mol. The average Bonchev–Trinajstić information content (AvgIpc) is 2.28. The van der Waals surface area contributed by atoms with Crippen LogP contribution in [0.3, 0.4) is 0 Å². The Bertz CT molecular complexity index is 432. The highest BCUT2D eigenvalue weighted by Crippen LogP contribution is 2.22. The zero-order valence-corrected chi connectivity index (χ0v) is 11.0. The molecule has 100 valence electrons. The molecule has 0 spiro atoms. The van der Waals surface area contributed by atoms with Gasteiger partial charge in [0.2, 0.25) is 5.91 Å². The number of nitro benzene ring substituents is 1. The summed E-state index contributed by atoms with van der Waals surface area (Å²) in [5.41, 5.74) is 5.42. The molecule has 0 aliphatic heterocycles. The fraction of sp³-hybridized carbons (Fsp3) is 0.364. The Kier molecular flexibility index (Phi) is 5.74. The van der Waals surface area contributed by atoms with Crippen molar-refractivity contribution in [3.63, 3.8) is 0 Å². The van der Waals surface area contributed by atoms with Crippen LogP contribution in [0.2, 0.25) is 0 Å². The van der Waals surface area contributed by atoms with Gasteiger partial charge in [-0.25, -0.2) is 0 Å². The maximum Gasteiger partial charge on any atom is 0.269 e. The lowest BCUT2D eigenvalue weighted by molar-refractivity contribution is -0.384. The highest BCUT2D eigenvalue weighted by molar-refractivity contribution is 5.85. The minimum Gasteiger partial charge on any atom is -0.346 e. The molecule has 1 amide bonds. The summed E-state index contributed by atoms with van der Waals surface area (Å²) in [5.74, 6) is -0.270. The fourth-order valence-corrected chi connectivity index (χ4v) is 1.47. The zero-order chi connectivity index (χ0) is 13.1.